The second-order valence-corrected chi connectivity index (χ2v) is 7.81. The number of anilines is 2. The Morgan fingerprint density at radius 1 is 1.00 bits per heavy atom. The molecule has 0 saturated heterocycles. The third-order valence-corrected chi connectivity index (χ3v) is 5.12. The van der Waals surface area contributed by atoms with Crippen LogP contribution in [0, 0.1) is 5.41 Å². The summed E-state index contributed by atoms with van der Waals surface area (Å²) < 4.78 is 41.9. The van der Waals surface area contributed by atoms with Crippen LogP contribution in [0.4, 0.5) is 24.5 Å². The van der Waals surface area contributed by atoms with E-state index in [9.17, 15) is 27.9 Å². The summed E-state index contributed by atoms with van der Waals surface area (Å²) >= 11 is 0. The number of ether oxygens (including phenoxy) is 2. The van der Waals surface area contributed by atoms with Crippen molar-refractivity contribution in [3.63, 3.8) is 0 Å². The zero-order chi connectivity index (χ0) is 29.9. The van der Waals surface area contributed by atoms with Crippen LogP contribution in [0.5, 0.6) is 11.5 Å². The Labute approximate surface area is 226 Å². The van der Waals surface area contributed by atoms with E-state index in [0.29, 0.717) is 28.3 Å². The number of aldehydes is 1. The van der Waals surface area contributed by atoms with Crippen molar-refractivity contribution in [3.05, 3.63) is 83.4 Å². The first-order chi connectivity index (χ1) is 18.9. The molecule has 0 fully saturated rings. The minimum absolute atomic E-state index is 0.0123. The van der Waals surface area contributed by atoms with E-state index in [-0.39, 0.29) is 17.1 Å². The predicted octanol–water partition coefficient (Wildman–Crippen LogP) is 3.73. The molecule has 0 saturated carbocycles. The predicted molar refractivity (Wildman–Crippen MR) is 141 cm³/mol. The van der Waals surface area contributed by atoms with Crippen LogP contribution in [0.25, 0.3) is 0 Å². The number of carboxylic acids is 1. The SMILES string of the molecule is COc1ccc(C(Nc2ccc(C(=N)N)cc2)C(=O)NNc2ccccc2C(=O)O)cc1OC.O=CC(F)(F)F. The molecular formula is C26H26F3N5O6. The van der Waals surface area contributed by atoms with E-state index in [4.69, 9.17) is 25.4 Å². The number of carbonyl (C=O) groups is 3. The van der Waals surface area contributed by atoms with Gasteiger partial charge in [-0.2, -0.15) is 13.2 Å². The van der Waals surface area contributed by atoms with Crippen LogP contribution in [-0.4, -0.2) is 49.5 Å². The molecule has 0 bridgehead atoms. The van der Waals surface area contributed by atoms with Crippen LogP contribution in [0.2, 0.25) is 0 Å². The molecule has 0 heterocycles. The van der Waals surface area contributed by atoms with Gasteiger partial charge in [0.2, 0.25) is 6.29 Å². The van der Waals surface area contributed by atoms with Crippen molar-refractivity contribution >= 4 is 35.4 Å². The second-order valence-electron chi connectivity index (χ2n) is 7.81. The number of carbonyl (C=O) groups excluding carboxylic acids is 2. The number of alkyl halides is 3. The summed E-state index contributed by atoms with van der Waals surface area (Å²) in [4.78, 5) is 33.4. The topological polar surface area (TPSA) is 176 Å². The molecule has 212 valence electrons. The van der Waals surface area contributed by atoms with Crippen LogP contribution >= 0.6 is 0 Å². The van der Waals surface area contributed by atoms with Crippen LogP contribution < -0.4 is 31.4 Å². The first-order valence-electron chi connectivity index (χ1n) is 11.2. The molecule has 1 atom stereocenters. The highest BCUT2D eigenvalue weighted by Crippen LogP contribution is 2.31. The Morgan fingerprint density at radius 3 is 2.12 bits per heavy atom. The van der Waals surface area contributed by atoms with Crippen molar-refractivity contribution in [2.24, 2.45) is 5.73 Å². The second kappa shape index (κ2) is 14.0. The minimum atomic E-state index is -4.64. The summed E-state index contributed by atoms with van der Waals surface area (Å²) in [5.74, 6) is -0.733. The Hall–Kier alpha value is -5.27. The van der Waals surface area contributed by atoms with Crippen molar-refractivity contribution in [3.8, 4) is 11.5 Å². The Bertz CT molecular complexity index is 1350. The van der Waals surface area contributed by atoms with Gasteiger partial charge in [-0.15, -0.1) is 0 Å². The van der Waals surface area contributed by atoms with Gasteiger partial charge in [-0.25, -0.2) is 4.79 Å². The summed E-state index contributed by atoms with van der Waals surface area (Å²) in [5.41, 5.74) is 12.7. The number of benzene rings is 3. The van der Waals surface area contributed by atoms with Crippen LogP contribution in [0.15, 0.2) is 66.7 Å². The summed E-state index contributed by atoms with van der Waals surface area (Å²) in [5, 5.41) is 20.0. The van der Waals surface area contributed by atoms with Crippen LogP contribution in [0.3, 0.4) is 0 Å². The number of para-hydroxylation sites is 1. The van der Waals surface area contributed by atoms with Crippen molar-refractivity contribution in [2.75, 3.05) is 25.0 Å². The maximum atomic E-state index is 13.2. The molecule has 3 rings (SSSR count). The van der Waals surface area contributed by atoms with Gasteiger partial charge < -0.3 is 25.6 Å². The molecule has 11 nitrogen and oxygen atoms in total. The molecule has 0 spiro atoms. The van der Waals surface area contributed by atoms with Crippen molar-refractivity contribution in [1.82, 2.24) is 5.43 Å². The molecule has 3 aromatic carbocycles. The minimum Gasteiger partial charge on any atom is -0.493 e. The number of nitrogens with one attached hydrogen (secondary N) is 4. The number of nitrogens with two attached hydrogens (primary N) is 1. The number of nitrogen functional groups attached to an aromatic ring is 1. The first-order valence-corrected chi connectivity index (χ1v) is 11.2. The first kappa shape index (κ1) is 31.0. The number of methoxy groups -OCH3 is 2. The lowest BCUT2D eigenvalue weighted by atomic mass is 10.0. The third kappa shape index (κ3) is 8.93. The molecule has 40 heavy (non-hydrogen) atoms. The standard InChI is InChI=1S/C24H25N5O5.C2HF3O/c1-33-19-12-9-15(13-20(19)34-2)21(27-16-10-7-14(8-11-16)22(25)26)23(30)29-28-18-6-4-3-5-17(18)24(31)32;3-2(4,5)1-6/h3-13,21,27-28H,1-2H3,(H3,25,26)(H,29,30)(H,31,32);1H. The van der Waals surface area contributed by atoms with E-state index in [1.807, 2.05) is 0 Å². The van der Waals surface area contributed by atoms with E-state index in [1.54, 1.807) is 60.7 Å². The molecule has 1 amide bonds. The number of rotatable bonds is 10. The summed E-state index contributed by atoms with van der Waals surface area (Å²) in [6, 6.07) is 17.1. The van der Waals surface area contributed by atoms with Crippen molar-refractivity contribution in [1.29, 1.82) is 5.41 Å². The zero-order valence-electron chi connectivity index (χ0n) is 21.2. The lowest BCUT2D eigenvalue weighted by Crippen LogP contribution is -2.37. The number of halogens is 3. The molecule has 0 aliphatic rings. The number of carboxylic acid groups (broad SMARTS) is 1. The largest absolute Gasteiger partial charge is 0.493 e. The fraction of sp³-hybridized carbons (Fsp3) is 0.154. The smallest absolute Gasteiger partial charge is 0.446 e. The average molecular weight is 562 g/mol. The number of hydrazine groups is 1. The van der Waals surface area contributed by atoms with Gasteiger partial charge in [0.15, 0.2) is 11.5 Å². The highest BCUT2D eigenvalue weighted by atomic mass is 19.4. The number of amides is 1. The van der Waals surface area contributed by atoms with Crippen LogP contribution in [0.1, 0.15) is 27.5 Å². The van der Waals surface area contributed by atoms with Gasteiger partial charge in [-0.1, -0.05) is 18.2 Å². The van der Waals surface area contributed by atoms with E-state index in [0.717, 1.165) is 0 Å². The number of hydrogen-bond donors (Lipinski definition) is 6. The quantitative estimate of drug-likeness (QED) is 0.0932. The molecule has 0 aromatic heterocycles. The summed E-state index contributed by atoms with van der Waals surface area (Å²) in [7, 11) is 3.01. The van der Waals surface area contributed by atoms with Gasteiger partial charge in [0.25, 0.3) is 5.91 Å². The maximum Gasteiger partial charge on any atom is 0.446 e. The number of aromatic carboxylic acids is 1. The van der Waals surface area contributed by atoms with Crippen LogP contribution in [-0.2, 0) is 9.59 Å². The summed E-state index contributed by atoms with van der Waals surface area (Å²) in [6.45, 7) is 0. The average Bonchev–Trinajstić information content (AvgIpc) is 2.94. The number of hydrogen-bond acceptors (Lipinski definition) is 8. The van der Waals surface area contributed by atoms with Gasteiger partial charge >= 0.3 is 12.1 Å². The molecule has 0 aliphatic carbocycles. The lowest BCUT2D eigenvalue weighted by molar-refractivity contribution is -0.156. The highest BCUT2D eigenvalue weighted by molar-refractivity contribution is 5.96. The fourth-order valence-corrected chi connectivity index (χ4v) is 3.23. The van der Waals surface area contributed by atoms with Gasteiger partial charge in [0.1, 0.15) is 11.9 Å². The highest BCUT2D eigenvalue weighted by Gasteiger charge is 2.25. The van der Waals surface area contributed by atoms with Crippen molar-refractivity contribution in [2.45, 2.75) is 12.2 Å². The van der Waals surface area contributed by atoms with E-state index < -0.39 is 30.4 Å². The Balaban J connectivity index is 0.000000840. The molecule has 1 unspecified atom stereocenters. The normalized spacial score (nSPS) is 11.1. The summed E-state index contributed by atoms with van der Waals surface area (Å²) in [6.07, 6.45) is -5.70. The Morgan fingerprint density at radius 2 is 1.60 bits per heavy atom. The van der Waals surface area contributed by atoms with Gasteiger partial charge in [0, 0.05) is 11.3 Å². The van der Waals surface area contributed by atoms with E-state index >= 15 is 0 Å². The molecule has 0 aliphatic heterocycles. The van der Waals surface area contributed by atoms with E-state index in [1.165, 1.54) is 20.3 Å². The Kier molecular flexibility index (Phi) is 10.9. The van der Waals surface area contributed by atoms with Gasteiger partial charge in [-0.05, 0) is 54.1 Å². The van der Waals surface area contributed by atoms with Gasteiger partial charge in [0.05, 0.1) is 25.5 Å². The monoisotopic (exact) mass is 561 g/mol. The maximum absolute atomic E-state index is 13.2. The molecular weight excluding hydrogens is 535 g/mol. The van der Waals surface area contributed by atoms with Gasteiger partial charge in [-0.3, -0.25) is 25.8 Å². The number of amidine groups is 1. The fourth-order valence-electron chi connectivity index (χ4n) is 3.23. The molecule has 0 radical (unpaired) electrons. The third-order valence-electron chi connectivity index (χ3n) is 5.12. The molecule has 7 N–H and O–H groups in total. The lowest BCUT2D eigenvalue weighted by Gasteiger charge is -2.22. The van der Waals surface area contributed by atoms with E-state index in [2.05, 4.69) is 16.2 Å². The molecule has 3 aromatic rings. The van der Waals surface area contributed by atoms with Crippen molar-refractivity contribution < 1.29 is 42.1 Å². The zero-order valence-corrected chi connectivity index (χ0v) is 21.2. The molecule has 14 heteroatoms.